The number of methoxy groups -OCH3 is 2. The molecule has 218 valence electrons. The molecule has 0 atom stereocenters. The predicted octanol–water partition coefficient (Wildman–Crippen LogP) is 8.39. The van der Waals surface area contributed by atoms with Gasteiger partial charge in [0.15, 0.2) is 0 Å². The third-order valence-electron chi connectivity index (χ3n) is 7.64. The summed E-state index contributed by atoms with van der Waals surface area (Å²) >= 11 is 0. The molecule has 0 spiro atoms. The molecule has 0 aliphatic heterocycles. The summed E-state index contributed by atoms with van der Waals surface area (Å²) in [6.45, 7) is 0.314. The van der Waals surface area contributed by atoms with E-state index in [-0.39, 0.29) is 13.2 Å². The van der Waals surface area contributed by atoms with Crippen LogP contribution in [0.2, 0.25) is 0 Å². The minimum Gasteiger partial charge on any atom is -0.488 e. The van der Waals surface area contributed by atoms with E-state index >= 15 is 0 Å². The van der Waals surface area contributed by atoms with Gasteiger partial charge < -0.3 is 18.9 Å². The maximum Gasteiger partial charge on any atom is 0.338 e. The Morgan fingerprint density at radius 1 is 0.477 bits per heavy atom. The van der Waals surface area contributed by atoms with Crippen LogP contribution in [0.25, 0.3) is 32.7 Å². The molecule has 0 saturated carbocycles. The first-order valence-electron chi connectivity index (χ1n) is 14.2. The minimum absolute atomic E-state index is 0.157. The van der Waals surface area contributed by atoms with Crippen molar-refractivity contribution in [3.8, 4) is 22.6 Å². The Morgan fingerprint density at radius 2 is 0.864 bits per heavy atom. The molecule has 44 heavy (non-hydrogen) atoms. The average molecular weight is 583 g/mol. The SMILES string of the molecule is COC(=O)c1ccccc1COc1ccc2ccccc2c1-c1c(OCc2ccccc2C(=O)OC)ccc2ccccc12. The van der Waals surface area contributed by atoms with Crippen LogP contribution in [-0.2, 0) is 22.7 Å². The summed E-state index contributed by atoms with van der Waals surface area (Å²) in [7, 11) is 2.74. The fourth-order valence-corrected chi connectivity index (χ4v) is 5.48. The number of fused-ring (bicyclic) bond motifs is 2. The molecular weight excluding hydrogens is 552 g/mol. The summed E-state index contributed by atoms with van der Waals surface area (Å²) in [6, 6.07) is 38.8. The van der Waals surface area contributed by atoms with Crippen LogP contribution in [0, 0.1) is 0 Å². The van der Waals surface area contributed by atoms with E-state index in [2.05, 4.69) is 24.3 Å². The molecule has 6 heteroatoms. The standard InChI is InChI=1S/C38H30O6/c1-41-37(39)31-17-9-5-13-27(31)23-43-33-21-19-25-11-3-7-15-29(25)35(33)36-30-16-8-4-12-26(30)20-22-34(36)44-24-28-14-6-10-18-32(28)38(40)42-2/h3-22H,23-24H2,1-2H3. The molecule has 0 aliphatic carbocycles. The molecule has 0 aliphatic rings. The van der Waals surface area contributed by atoms with Gasteiger partial charge in [0.05, 0.1) is 25.3 Å². The summed E-state index contributed by atoms with van der Waals surface area (Å²) in [5, 5.41) is 4.06. The summed E-state index contributed by atoms with van der Waals surface area (Å²) in [5.41, 5.74) is 4.07. The third kappa shape index (κ3) is 5.57. The van der Waals surface area contributed by atoms with Crippen molar-refractivity contribution in [1.82, 2.24) is 0 Å². The van der Waals surface area contributed by atoms with Crippen LogP contribution in [0.15, 0.2) is 121 Å². The van der Waals surface area contributed by atoms with E-state index in [1.54, 1.807) is 24.3 Å². The van der Waals surface area contributed by atoms with Crippen molar-refractivity contribution in [3.05, 3.63) is 144 Å². The molecule has 0 amide bonds. The molecule has 0 saturated heterocycles. The van der Waals surface area contributed by atoms with Crippen molar-refractivity contribution < 1.29 is 28.5 Å². The zero-order valence-corrected chi connectivity index (χ0v) is 24.4. The summed E-state index contributed by atoms with van der Waals surface area (Å²) < 4.78 is 23.1. The molecule has 0 aromatic heterocycles. The number of esters is 2. The van der Waals surface area contributed by atoms with Gasteiger partial charge in [0.1, 0.15) is 24.7 Å². The lowest BCUT2D eigenvalue weighted by atomic mass is 9.92. The lowest BCUT2D eigenvalue weighted by molar-refractivity contribution is 0.0589. The van der Waals surface area contributed by atoms with E-state index in [1.165, 1.54) is 14.2 Å². The van der Waals surface area contributed by atoms with Crippen LogP contribution < -0.4 is 9.47 Å². The molecule has 0 bridgehead atoms. The predicted molar refractivity (Wildman–Crippen MR) is 171 cm³/mol. The largest absolute Gasteiger partial charge is 0.488 e. The monoisotopic (exact) mass is 582 g/mol. The van der Waals surface area contributed by atoms with E-state index in [4.69, 9.17) is 18.9 Å². The highest BCUT2D eigenvalue weighted by atomic mass is 16.5. The molecule has 6 aromatic rings. The Labute approximate surface area is 255 Å². The second kappa shape index (κ2) is 12.7. The summed E-state index contributed by atoms with van der Waals surface area (Å²) in [6.07, 6.45) is 0. The Morgan fingerprint density at radius 3 is 1.30 bits per heavy atom. The van der Waals surface area contributed by atoms with E-state index < -0.39 is 11.9 Å². The molecule has 6 nitrogen and oxygen atoms in total. The van der Waals surface area contributed by atoms with Crippen LogP contribution in [0.1, 0.15) is 31.8 Å². The van der Waals surface area contributed by atoms with E-state index in [0.717, 1.165) is 32.7 Å². The number of ether oxygens (including phenoxy) is 4. The first-order valence-corrected chi connectivity index (χ1v) is 14.2. The van der Waals surface area contributed by atoms with Crippen molar-refractivity contribution in [2.24, 2.45) is 0 Å². The highest BCUT2D eigenvalue weighted by Crippen LogP contribution is 2.46. The van der Waals surface area contributed by atoms with Gasteiger partial charge in [-0.3, -0.25) is 0 Å². The zero-order chi connectivity index (χ0) is 30.5. The van der Waals surface area contributed by atoms with Crippen LogP contribution in [0.5, 0.6) is 11.5 Å². The van der Waals surface area contributed by atoms with Crippen molar-refractivity contribution in [1.29, 1.82) is 0 Å². The van der Waals surface area contributed by atoms with Crippen molar-refractivity contribution in [2.45, 2.75) is 13.2 Å². The van der Waals surface area contributed by atoms with Gasteiger partial charge in [-0.05, 0) is 45.8 Å². The lowest BCUT2D eigenvalue weighted by Gasteiger charge is -2.20. The Balaban J connectivity index is 1.49. The van der Waals surface area contributed by atoms with Gasteiger partial charge in [-0.2, -0.15) is 0 Å². The van der Waals surface area contributed by atoms with Crippen LogP contribution in [0.3, 0.4) is 0 Å². The van der Waals surface area contributed by atoms with Gasteiger partial charge in [0.2, 0.25) is 0 Å². The molecule has 0 heterocycles. The molecule has 0 radical (unpaired) electrons. The third-order valence-corrected chi connectivity index (χ3v) is 7.64. The van der Waals surface area contributed by atoms with Crippen molar-refractivity contribution in [2.75, 3.05) is 14.2 Å². The minimum atomic E-state index is -0.417. The number of hydrogen-bond acceptors (Lipinski definition) is 6. The molecule has 0 N–H and O–H groups in total. The van der Waals surface area contributed by atoms with Crippen LogP contribution in [0.4, 0.5) is 0 Å². The maximum atomic E-state index is 12.5. The second-order valence-electron chi connectivity index (χ2n) is 10.2. The van der Waals surface area contributed by atoms with E-state index in [1.807, 2.05) is 72.8 Å². The number of rotatable bonds is 9. The normalized spacial score (nSPS) is 10.9. The highest BCUT2D eigenvalue weighted by molar-refractivity contribution is 6.09. The highest BCUT2D eigenvalue weighted by Gasteiger charge is 2.21. The Hall–Kier alpha value is -5.62. The number of carbonyl (C=O) groups excluding carboxylic acids is 2. The quantitative estimate of drug-likeness (QED) is 0.160. The molecule has 6 rings (SSSR count). The van der Waals surface area contributed by atoms with Crippen LogP contribution >= 0.6 is 0 Å². The van der Waals surface area contributed by atoms with E-state index in [0.29, 0.717) is 33.8 Å². The first-order chi connectivity index (χ1) is 21.6. The van der Waals surface area contributed by atoms with Crippen LogP contribution in [-0.4, -0.2) is 26.2 Å². The first kappa shape index (κ1) is 28.5. The zero-order valence-electron chi connectivity index (χ0n) is 24.4. The van der Waals surface area contributed by atoms with Gasteiger partial charge in [-0.1, -0.05) is 97.1 Å². The van der Waals surface area contributed by atoms with Crippen molar-refractivity contribution in [3.63, 3.8) is 0 Å². The van der Waals surface area contributed by atoms with Gasteiger partial charge in [-0.25, -0.2) is 9.59 Å². The fourth-order valence-electron chi connectivity index (χ4n) is 5.48. The van der Waals surface area contributed by atoms with E-state index in [9.17, 15) is 9.59 Å². The van der Waals surface area contributed by atoms with Gasteiger partial charge >= 0.3 is 11.9 Å². The second-order valence-corrected chi connectivity index (χ2v) is 10.2. The maximum absolute atomic E-state index is 12.5. The number of hydrogen-bond donors (Lipinski definition) is 0. The smallest absolute Gasteiger partial charge is 0.338 e. The lowest BCUT2D eigenvalue weighted by Crippen LogP contribution is -2.09. The van der Waals surface area contributed by atoms with Gasteiger partial charge in [-0.15, -0.1) is 0 Å². The summed E-state index contributed by atoms with van der Waals surface area (Å²) in [4.78, 5) is 24.9. The molecular formula is C38H30O6. The average Bonchev–Trinajstić information content (AvgIpc) is 3.09. The topological polar surface area (TPSA) is 71.1 Å². The number of benzene rings is 6. The van der Waals surface area contributed by atoms with Crippen molar-refractivity contribution >= 4 is 33.5 Å². The van der Waals surface area contributed by atoms with Gasteiger partial charge in [0.25, 0.3) is 0 Å². The Bertz CT molecular complexity index is 1850. The molecule has 0 unspecified atom stereocenters. The summed E-state index contributed by atoms with van der Waals surface area (Å²) in [5.74, 6) is 0.443. The number of carbonyl (C=O) groups is 2. The fraction of sp³-hybridized carbons (Fsp3) is 0.105. The van der Waals surface area contributed by atoms with Gasteiger partial charge in [0, 0.05) is 22.3 Å². The Kier molecular flexibility index (Phi) is 8.23. The molecule has 6 aromatic carbocycles. The molecule has 0 fully saturated rings.